The van der Waals surface area contributed by atoms with E-state index in [1.807, 2.05) is 48.5 Å². The number of allylic oxidation sites excluding steroid dienone is 7. The van der Waals surface area contributed by atoms with Crippen molar-refractivity contribution in [2.75, 3.05) is 0 Å². The van der Waals surface area contributed by atoms with E-state index in [2.05, 4.69) is 70.4 Å². The van der Waals surface area contributed by atoms with E-state index in [-0.39, 0.29) is 33.5 Å². The lowest BCUT2D eigenvalue weighted by Gasteiger charge is -2.38. The Kier molecular flexibility index (Phi) is 9.16. The number of rotatable bonds is 3. The first kappa shape index (κ1) is 40.4. The highest BCUT2D eigenvalue weighted by Crippen LogP contribution is 2.63. The molecule has 0 radical (unpaired) electrons. The van der Waals surface area contributed by atoms with Crippen LogP contribution in [0.3, 0.4) is 0 Å². The summed E-state index contributed by atoms with van der Waals surface area (Å²) in [5.41, 5.74) is 16.3. The molecule has 0 bridgehead atoms. The number of carbonyl (C=O) groups is 2. The molecule has 4 aromatic rings. The van der Waals surface area contributed by atoms with E-state index in [0.717, 1.165) is 100 Å². The standard InChI is InChI=1S/C60H48N4O2/c1-63-52(34-61)54-40-16-6-8-18-42(40)56(65)46(54)30-38-26-36-28-50-44(32-48(36)58(38)20-10-3-11-21-58)45-33-49-37(29-51(45)60(50)24-14-5-15-25-60)27-39(59(49)22-12-4-13-23-59)31-47-55(53(35-62)64-2)41-17-7-9-19-43(41)57(47)66/h6-9,16-19,26-33,52,54H,3-5,10-15,20-25H2/b46-30-,47-31-,55-53-. The van der Waals surface area contributed by atoms with Crippen LogP contribution in [0.4, 0.5) is 0 Å². The molecule has 8 aliphatic carbocycles. The molecular formula is C60H48N4O2. The summed E-state index contributed by atoms with van der Waals surface area (Å²) in [6, 6.07) is 28.4. The summed E-state index contributed by atoms with van der Waals surface area (Å²) in [4.78, 5) is 35.9. The molecule has 8 aliphatic rings. The molecule has 0 heterocycles. The van der Waals surface area contributed by atoms with E-state index in [4.69, 9.17) is 13.1 Å². The highest BCUT2D eigenvalue weighted by molar-refractivity contribution is 6.28. The minimum atomic E-state index is -0.982. The number of benzene rings is 4. The van der Waals surface area contributed by atoms with E-state index in [1.165, 1.54) is 57.3 Å². The highest BCUT2D eigenvalue weighted by atomic mass is 16.1. The maximum atomic E-state index is 14.3. The van der Waals surface area contributed by atoms with Crippen molar-refractivity contribution in [3.8, 4) is 23.3 Å². The molecule has 3 spiro atoms. The Labute approximate surface area is 387 Å². The molecule has 66 heavy (non-hydrogen) atoms. The van der Waals surface area contributed by atoms with Gasteiger partial charge in [-0.05, 0) is 142 Å². The van der Waals surface area contributed by atoms with E-state index in [9.17, 15) is 20.1 Å². The quantitative estimate of drug-likeness (QED) is 0.117. The lowest BCUT2D eigenvalue weighted by molar-refractivity contribution is 0.103. The normalized spacial score (nSPS) is 24.3. The van der Waals surface area contributed by atoms with Gasteiger partial charge in [-0.2, -0.15) is 5.26 Å². The lowest BCUT2D eigenvalue weighted by atomic mass is 9.65. The van der Waals surface area contributed by atoms with Crippen molar-refractivity contribution in [3.63, 3.8) is 0 Å². The summed E-state index contributed by atoms with van der Waals surface area (Å²) in [6.07, 6.45) is 25.2. The fourth-order valence-corrected chi connectivity index (χ4v) is 14.4. The van der Waals surface area contributed by atoms with Gasteiger partial charge in [-0.3, -0.25) is 14.4 Å². The average Bonchev–Trinajstić information content (AvgIpc) is 4.07. The molecule has 6 nitrogen and oxygen atoms in total. The van der Waals surface area contributed by atoms with Crippen LogP contribution in [-0.2, 0) is 16.2 Å². The third-order valence-corrected chi connectivity index (χ3v) is 17.3. The first-order valence-corrected chi connectivity index (χ1v) is 24.1. The number of fused-ring (bicyclic) bond motifs is 11. The third kappa shape index (κ3) is 5.43. The second kappa shape index (κ2) is 15.0. The first-order valence-electron chi connectivity index (χ1n) is 24.1. The molecule has 3 saturated carbocycles. The molecule has 6 heteroatoms. The first-order chi connectivity index (χ1) is 32.3. The van der Waals surface area contributed by atoms with Crippen molar-refractivity contribution < 1.29 is 9.59 Å². The van der Waals surface area contributed by atoms with Gasteiger partial charge in [-0.15, -0.1) is 0 Å². The fraction of sp³-hybridized carbons (Fsp3) is 0.333. The Balaban J connectivity index is 1.02. The van der Waals surface area contributed by atoms with Crippen molar-refractivity contribution in [2.45, 2.75) is 125 Å². The minimum absolute atomic E-state index is 0.0465. The molecule has 0 saturated heterocycles. The van der Waals surface area contributed by atoms with Crippen LogP contribution in [-0.4, -0.2) is 17.6 Å². The van der Waals surface area contributed by atoms with Gasteiger partial charge in [0.15, 0.2) is 17.6 Å². The lowest BCUT2D eigenvalue weighted by Crippen LogP contribution is -2.30. The van der Waals surface area contributed by atoms with Gasteiger partial charge in [-0.25, -0.2) is 16.7 Å². The average molecular weight is 857 g/mol. The summed E-state index contributed by atoms with van der Waals surface area (Å²) < 4.78 is 0. The Bertz CT molecular complexity index is 3200. The monoisotopic (exact) mass is 856 g/mol. The third-order valence-electron chi connectivity index (χ3n) is 17.3. The van der Waals surface area contributed by atoms with Crippen LogP contribution in [0.25, 0.3) is 38.5 Å². The molecule has 2 atom stereocenters. The minimum Gasteiger partial charge on any atom is -0.296 e. The zero-order chi connectivity index (χ0) is 45.0. The van der Waals surface area contributed by atoms with Gasteiger partial charge in [0.1, 0.15) is 5.92 Å². The van der Waals surface area contributed by atoms with Crippen molar-refractivity contribution in [1.29, 1.82) is 10.5 Å². The number of nitrogens with zero attached hydrogens (tertiary/aromatic N) is 4. The summed E-state index contributed by atoms with van der Waals surface area (Å²) in [5, 5.41) is 20.4. The molecule has 4 aromatic carbocycles. The Morgan fingerprint density at radius 2 is 1.12 bits per heavy atom. The summed E-state index contributed by atoms with van der Waals surface area (Å²) >= 11 is 0. The van der Waals surface area contributed by atoms with Crippen LogP contribution in [0.15, 0.2) is 113 Å². The number of ketones is 2. The molecule has 12 rings (SSSR count). The zero-order valence-electron chi connectivity index (χ0n) is 37.1. The second-order valence-corrected chi connectivity index (χ2v) is 20.2. The van der Waals surface area contributed by atoms with E-state index in [1.54, 1.807) is 0 Å². The number of Topliss-reactive ketones (excluding diaryl/α,β-unsaturated/α-hetero) is 2. The van der Waals surface area contributed by atoms with Gasteiger partial charge in [0, 0.05) is 44.1 Å². The largest absolute Gasteiger partial charge is 0.318 e. The predicted octanol–water partition coefficient (Wildman–Crippen LogP) is 13.8. The van der Waals surface area contributed by atoms with E-state index in [0.29, 0.717) is 33.4 Å². The van der Waals surface area contributed by atoms with Gasteiger partial charge in [-0.1, -0.05) is 118 Å². The summed E-state index contributed by atoms with van der Waals surface area (Å²) in [5.74, 6) is -0.780. The van der Waals surface area contributed by atoms with Crippen LogP contribution in [0.2, 0.25) is 0 Å². The molecule has 320 valence electrons. The smallest absolute Gasteiger partial charge is 0.296 e. The molecule has 0 N–H and O–H groups in total. The molecule has 0 aliphatic heterocycles. The number of hydrogen-bond donors (Lipinski definition) is 0. The topological polar surface area (TPSA) is 90.4 Å². The molecular weight excluding hydrogens is 809 g/mol. The molecule has 3 fully saturated rings. The fourth-order valence-electron chi connectivity index (χ4n) is 14.4. The van der Waals surface area contributed by atoms with Crippen LogP contribution in [0.1, 0.15) is 167 Å². The Hall–Kier alpha value is -7.12. The van der Waals surface area contributed by atoms with Crippen LogP contribution in [0, 0.1) is 35.8 Å². The number of hydrogen-bond acceptors (Lipinski definition) is 4. The maximum absolute atomic E-state index is 14.3. The molecule has 0 aromatic heterocycles. The van der Waals surface area contributed by atoms with Gasteiger partial charge < -0.3 is 0 Å². The van der Waals surface area contributed by atoms with Crippen molar-refractivity contribution >= 4 is 29.3 Å². The van der Waals surface area contributed by atoms with Crippen molar-refractivity contribution in [3.05, 3.63) is 191 Å². The molecule has 0 amide bonds. The van der Waals surface area contributed by atoms with E-state index < -0.39 is 12.0 Å². The Morgan fingerprint density at radius 1 is 0.606 bits per heavy atom. The highest BCUT2D eigenvalue weighted by Gasteiger charge is 2.51. The molecule has 2 unspecified atom stereocenters. The van der Waals surface area contributed by atoms with Gasteiger partial charge >= 0.3 is 6.04 Å². The van der Waals surface area contributed by atoms with Crippen LogP contribution < -0.4 is 0 Å². The predicted molar refractivity (Wildman–Crippen MR) is 257 cm³/mol. The maximum Gasteiger partial charge on any atom is 0.318 e. The van der Waals surface area contributed by atoms with Crippen molar-refractivity contribution in [1.82, 2.24) is 0 Å². The van der Waals surface area contributed by atoms with Crippen LogP contribution >= 0.6 is 0 Å². The summed E-state index contributed by atoms with van der Waals surface area (Å²) in [6.45, 7) is 15.9. The van der Waals surface area contributed by atoms with Crippen molar-refractivity contribution in [2.24, 2.45) is 0 Å². The zero-order valence-corrected chi connectivity index (χ0v) is 37.1. The summed E-state index contributed by atoms with van der Waals surface area (Å²) in [7, 11) is 0. The SMILES string of the molecule is [C-]#[N+]/C(C#N)=C1\C(=C\C2=Cc3cc4c(cc3C23CCCCC3)-c2cc3c(cc2C42CCCCC2)C=C(/C=C2\C(=O)c4ccccc4C2C(C#N)[N+]#[C-])C32CCCCC2)C(=O)c2ccccc21. The number of nitriles is 2. The van der Waals surface area contributed by atoms with E-state index >= 15 is 0 Å². The van der Waals surface area contributed by atoms with Gasteiger partial charge in [0.25, 0.3) is 5.70 Å². The second-order valence-electron chi connectivity index (χ2n) is 20.2. The van der Waals surface area contributed by atoms with Gasteiger partial charge in [0.05, 0.1) is 12.6 Å². The Morgan fingerprint density at radius 3 is 1.65 bits per heavy atom. The van der Waals surface area contributed by atoms with Crippen LogP contribution in [0.5, 0.6) is 0 Å². The van der Waals surface area contributed by atoms with Gasteiger partial charge in [0.2, 0.25) is 0 Å². The number of carbonyl (C=O) groups excluding carboxylic acids is 2.